The molecule has 0 spiro atoms. The molecular weight excluding hydrogens is 242 g/mol. The van der Waals surface area contributed by atoms with Crippen molar-refractivity contribution in [3.63, 3.8) is 0 Å². The number of rotatable bonds is 6. The van der Waals surface area contributed by atoms with E-state index in [1.54, 1.807) is 14.2 Å². The predicted octanol–water partition coefficient (Wildman–Crippen LogP) is 2.16. The first-order valence-corrected chi connectivity index (χ1v) is 6.91. The molecule has 5 heteroatoms. The first kappa shape index (κ1) is 14.1. The Morgan fingerprint density at radius 2 is 1.79 bits per heavy atom. The van der Waals surface area contributed by atoms with Gasteiger partial charge in [-0.25, -0.2) is 9.97 Å². The van der Waals surface area contributed by atoms with E-state index in [1.807, 2.05) is 0 Å². The summed E-state index contributed by atoms with van der Waals surface area (Å²) in [5.74, 6) is 1.94. The maximum absolute atomic E-state index is 5.27. The van der Waals surface area contributed by atoms with Crippen molar-refractivity contribution in [1.82, 2.24) is 15.3 Å². The monoisotopic (exact) mass is 265 g/mol. The largest absolute Gasteiger partial charge is 0.481 e. The highest BCUT2D eigenvalue weighted by Gasteiger charge is 2.22. The van der Waals surface area contributed by atoms with Gasteiger partial charge in [0.15, 0.2) is 0 Å². The summed E-state index contributed by atoms with van der Waals surface area (Å²) in [5, 5.41) is 3.55. The Balaban J connectivity index is 2.01. The Bertz CT molecular complexity index is 383. The van der Waals surface area contributed by atoms with Gasteiger partial charge in [-0.1, -0.05) is 12.8 Å². The summed E-state index contributed by atoms with van der Waals surface area (Å²) >= 11 is 0. The van der Waals surface area contributed by atoms with Gasteiger partial charge in [0, 0.05) is 12.6 Å². The molecule has 0 bridgehead atoms. The maximum Gasteiger partial charge on any atom is 0.224 e. The standard InChI is InChI=1S/C14H23N3O2/c1-10(11-6-4-5-7-11)15-8-12-13(18-2)16-9-17-14(12)19-3/h9-11,15H,4-8H2,1-3H3. The zero-order chi connectivity index (χ0) is 13.7. The molecule has 2 rings (SSSR count). The normalized spacial score (nSPS) is 17.4. The second kappa shape index (κ2) is 6.70. The zero-order valence-corrected chi connectivity index (χ0v) is 12.0. The van der Waals surface area contributed by atoms with Crippen LogP contribution in [0.1, 0.15) is 38.2 Å². The van der Waals surface area contributed by atoms with E-state index < -0.39 is 0 Å². The van der Waals surface area contributed by atoms with Crippen LogP contribution in [0.15, 0.2) is 6.33 Å². The number of hydrogen-bond acceptors (Lipinski definition) is 5. The van der Waals surface area contributed by atoms with Crippen LogP contribution < -0.4 is 14.8 Å². The van der Waals surface area contributed by atoms with Crippen molar-refractivity contribution < 1.29 is 9.47 Å². The van der Waals surface area contributed by atoms with Crippen molar-refractivity contribution in [3.8, 4) is 11.8 Å². The third-order valence-corrected chi connectivity index (χ3v) is 3.96. The van der Waals surface area contributed by atoms with E-state index in [0.717, 1.165) is 11.5 Å². The molecule has 19 heavy (non-hydrogen) atoms. The molecule has 1 N–H and O–H groups in total. The molecule has 1 saturated carbocycles. The van der Waals surface area contributed by atoms with Crippen LogP contribution in [0.2, 0.25) is 0 Å². The van der Waals surface area contributed by atoms with Crippen molar-refractivity contribution in [2.24, 2.45) is 5.92 Å². The van der Waals surface area contributed by atoms with E-state index in [4.69, 9.17) is 9.47 Å². The molecule has 0 aromatic carbocycles. The molecule has 1 aliphatic carbocycles. The second-order valence-electron chi connectivity index (χ2n) is 5.08. The van der Waals surface area contributed by atoms with Crippen molar-refractivity contribution in [2.75, 3.05) is 14.2 Å². The van der Waals surface area contributed by atoms with Crippen LogP contribution in [0.25, 0.3) is 0 Å². The Hall–Kier alpha value is -1.36. The molecule has 1 aliphatic rings. The highest BCUT2D eigenvalue weighted by molar-refractivity contribution is 5.34. The topological polar surface area (TPSA) is 56.3 Å². The average Bonchev–Trinajstić information content (AvgIpc) is 2.98. The fourth-order valence-corrected chi connectivity index (χ4v) is 2.77. The number of aromatic nitrogens is 2. The highest BCUT2D eigenvalue weighted by atomic mass is 16.5. The summed E-state index contributed by atoms with van der Waals surface area (Å²) in [5.41, 5.74) is 0.886. The molecular formula is C14H23N3O2. The summed E-state index contributed by atoms with van der Waals surface area (Å²) < 4.78 is 10.5. The van der Waals surface area contributed by atoms with E-state index in [-0.39, 0.29) is 0 Å². The minimum atomic E-state index is 0.497. The van der Waals surface area contributed by atoms with Crippen LogP contribution >= 0.6 is 0 Å². The summed E-state index contributed by atoms with van der Waals surface area (Å²) in [6, 6.07) is 0.497. The van der Waals surface area contributed by atoms with Gasteiger partial charge in [-0.15, -0.1) is 0 Å². The van der Waals surface area contributed by atoms with Gasteiger partial charge in [0.2, 0.25) is 11.8 Å². The van der Waals surface area contributed by atoms with Gasteiger partial charge in [0.25, 0.3) is 0 Å². The molecule has 1 aromatic rings. The molecule has 5 nitrogen and oxygen atoms in total. The van der Waals surface area contributed by atoms with Gasteiger partial charge in [0.05, 0.1) is 19.8 Å². The van der Waals surface area contributed by atoms with E-state index in [0.29, 0.717) is 24.3 Å². The van der Waals surface area contributed by atoms with Crippen molar-refractivity contribution in [3.05, 3.63) is 11.9 Å². The van der Waals surface area contributed by atoms with Gasteiger partial charge >= 0.3 is 0 Å². The highest BCUT2D eigenvalue weighted by Crippen LogP contribution is 2.28. The third kappa shape index (κ3) is 3.35. The van der Waals surface area contributed by atoms with Crippen LogP contribution in [-0.4, -0.2) is 30.2 Å². The van der Waals surface area contributed by atoms with Crippen LogP contribution in [0, 0.1) is 5.92 Å². The summed E-state index contributed by atoms with van der Waals surface area (Å²) in [6.45, 7) is 2.92. The molecule has 106 valence electrons. The molecule has 0 amide bonds. The SMILES string of the molecule is COc1ncnc(OC)c1CNC(C)C1CCCC1. The van der Waals surface area contributed by atoms with Gasteiger partial charge in [-0.2, -0.15) is 0 Å². The van der Waals surface area contributed by atoms with Crippen molar-refractivity contribution in [2.45, 2.75) is 45.2 Å². The van der Waals surface area contributed by atoms with Crippen LogP contribution in [0.5, 0.6) is 11.8 Å². The maximum atomic E-state index is 5.27. The average molecular weight is 265 g/mol. The predicted molar refractivity (Wildman–Crippen MR) is 73.4 cm³/mol. The molecule has 1 atom stereocenters. The molecule has 1 fully saturated rings. The lowest BCUT2D eigenvalue weighted by Gasteiger charge is -2.21. The van der Waals surface area contributed by atoms with Crippen molar-refractivity contribution in [1.29, 1.82) is 0 Å². The lowest BCUT2D eigenvalue weighted by molar-refractivity contribution is 0.344. The van der Waals surface area contributed by atoms with Crippen molar-refractivity contribution >= 4 is 0 Å². The molecule has 1 aromatic heterocycles. The first-order valence-electron chi connectivity index (χ1n) is 6.91. The molecule has 0 aliphatic heterocycles. The number of methoxy groups -OCH3 is 2. The Kier molecular flexibility index (Phi) is 4.96. The van der Waals surface area contributed by atoms with E-state index in [1.165, 1.54) is 32.0 Å². The van der Waals surface area contributed by atoms with Gasteiger partial charge < -0.3 is 14.8 Å². The molecule has 1 heterocycles. The van der Waals surface area contributed by atoms with E-state index in [9.17, 15) is 0 Å². The summed E-state index contributed by atoms with van der Waals surface area (Å²) in [6.07, 6.45) is 6.83. The number of nitrogens with one attached hydrogen (secondary N) is 1. The fourth-order valence-electron chi connectivity index (χ4n) is 2.77. The number of ether oxygens (including phenoxy) is 2. The van der Waals surface area contributed by atoms with Gasteiger partial charge in [0.1, 0.15) is 6.33 Å². The summed E-state index contributed by atoms with van der Waals surface area (Å²) in [7, 11) is 3.23. The smallest absolute Gasteiger partial charge is 0.224 e. The Labute approximate surface area is 114 Å². The lowest BCUT2D eigenvalue weighted by Crippen LogP contribution is -2.32. The lowest BCUT2D eigenvalue weighted by atomic mass is 10.00. The number of hydrogen-bond donors (Lipinski definition) is 1. The Morgan fingerprint density at radius 3 is 2.32 bits per heavy atom. The van der Waals surface area contributed by atoms with E-state index in [2.05, 4.69) is 22.2 Å². The Morgan fingerprint density at radius 1 is 1.21 bits per heavy atom. The first-order chi connectivity index (χ1) is 9.26. The minimum absolute atomic E-state index is 0.497. The van der Waals surface area contributed by atoms with Crippen LogP contribution in [0.4, 0.5) is 0 Å². The summed E-state index contributed by atoms with van der Waals surface area (Å²) in [4.78, 5) is 8.26. The third-order valence-electron chi connectivity index (χ3n) is 3.96. The number of nitrogens with zero attached hydrogens (tertiary/aromatic N) is 2. The second-order valence-corrected chi connectivity index (χ2v) is 5.08. The molecule has 0 saturated heterocycles. The van der Waals surface area contributed by atoms with E-state index >= 15 is 0 Å². The molecule has 1 unspecified atom stereocenters. The molecule has 0 radical (unpaired) electrons. The minimum Gasteiger partial charge on any atom is -0.481 e. The quantitative estimate of drug-likeness (QED) is 0.854. The van der Waals surface area contributed by atoms with Gasteiger partial charge in [-0.3, -0.25) is 0 Å². The fraction of sp³-hybridized carbons (Fsp3) is 0.714. The van der Waals surface area contributed by atoms with Crippen LogP contribution in [0.3, 0.4) is 0 Å². The zero-order valence-electron chi connectivity index (χ0n) is 12.0. The van der Waals surface area contributed by atoms with Crippen LogP contribution in [-0.2, 0) is 6.54 Å². The van der Waals surface area contributed by atoms with Gasteiger partial charge in [-0.05, 0) is 25.7 Å².